The lowest BCUT2D eigenvalue weighted by molar-refractivity contribution is -0.135. The van der Waals surface area contributed by atoms with Crippen LogP contribution in [-0.2, 0) is 19.4 Å². The van der Waals surface area contributed by atoms with Crippen LogP contribution in [0.4, 0.5) is 21.5 Å². The molecule has 0 aromatic heterocycles. The first-order valence-electron chi connectivity index (χ1n) is 11.0. The van der Waals surface area contributed by atoms with Crippen LogP contribution in [0.2, 0.25) is 0 Å². The minimum absolute atomic E-state index is 0.0929. The van der Waals surface area contributed by atoms with Gasteiger partial charge in [-0.15, -0.1) is 0 Å². The summed E-state index contributed by atoms with van der Waals surface area (Å²) in [5, 5.41) is 0. The van der Waals surface area contributed by atoms with Gasteiger partial charge < -0.3 is 19.4 Å². The Kier molecular flexibility index (Phi) is 5.31. The number of methoxy groups -OCH3 is 1. The van der Waals surface area contributed by atoms with E-state index in [1.807, 2.05) is 11.0 Å². The van der Waals surface area contributed by atoms with Crippen LogP contribution in [0.15, 0.2) is 52.4 Å². The van der Waals surface area contributed by atoms with Crippen LogP contribution in [0.25, 0.3) is 0 Å². The largest absolute Gasteiger partial charge is 0.465 e. The number of hydrogen-bond donors (Lipinski definition) is 0. The maximum Gasteiger partial charge on any atom is 0.351 e. The average Bonchev–Trinajstić information content (AvgIpc) is 3.64. The van der Waals surface area contributed by atoms with Gasteiger partial charge in [0.1, 0.15) is 5.82 Å². The molecule has 0 radical (unpaired) electrons. The van der Waals surface area contributed by atoms with E-state index in [0.717, 1.165) is 44.8 Å². The van der Waals surface area contributed by atoms with Crippen molar-refractivity contribution in [2.75, 3.05) is 48.0 Å². The van der Waals surface area contributed by atoms with Crippen LogP contribution in [0, 0.1) is 12.7 Å². The summed E-state index contributed by atoms with van der Waals surface area (Å²) < 4.78 is 46.1. The quantitative estimate of drug-likeness (QED) is 0.634. The van der Waals surface area contributed by atoms with Gasteiger partial charge in [0.15, 0.2) is 4.91 Å². The molecule has 5 rings (SSSR count). The van der Waals surface area contributed by atoms with Crippen molar-refractivity contribution in [1.29, 1.82) is 0 Å². The molecule has 2 heterocycles. The summed E-state index contributed by atoms with van der Waals surface area (Å²) in [6.45, 7) is 4.75. The van der Waals surface area contributed by atoms with E-state index in [-0.39, 0.29) is 10.9 Å². The first kappa shape index (κ1) is 21.8. The molecule has 1 saturated carbocycles. The van der Waals surface area contributed by atoms with Crippen molar-refractivity contribution in [2.24, 2.45) is 0 Å². The fraction of sp³-hybridized carbons (Fsp3) is 0.375. The van der Waals surface area contributed by atoms with Crippen LogP contribution in [-0.4, -0.2) is 53.7 Å². The number of anilines is 3. The Morgan fingerprint density at radius 2 is 1.73 bits per heavy atom. The summed E-state index contributed by atoms with van der Waals surface area (Å²) in [6, 6.07) is 11.1. The van der Waals surface area contributed by atoms with Crippen molar-refractivity contribution in [1.82, 2.24) is 0 Å². The van der Waals surface area contributed by atoms with E-state index in [2.05, 4.69) is 34.8 Å². The van der Waals surface area contributed by atoms with Crippen LogP contribution in [0.1, 0.15) is 18.4 Å². The van der Waals surface area contributed by atoms with Gasteiger partial charge in [-0.25, -0.2) is 17.6 Å². The van der Waals surface area contributed by atoms with Gasteiger partial charge in [-0.1, -0.05) is 12.1 Å². The molecule has 2 aromatic carbocycles. The van der Waals surface area contributed by atoms with E-state index < -0.39 is 26.5 Å². The molecule has 0 atom stereocenters. The Bertz CT molecular complexity index is 1250. The number of sulfone groups is 1. The standard InChI is InChI=1S/C24H26FN3O4S/c1-16-4-3-5-18(12-16)26-8-10-27(11-9-26)20-14-21-22(13-19(20)25)33(30,31)23(24(29)32-2)15-28(21)17-6-7-17/h3-5,12-15,17H,6-11H2,1-2H3. The molecule has 0 unspecified atom stereocenters. The third-order valence-corrected chi connectivity index (χ3v) is 8.21. The molecular weight excluding hydrogens is 445 g/mol. The zero-order chi connectivity index (χ0) is 23.3. The highest BCUT2D eigenvalue weighted by molar-refractivity contribution is 7.96. The number of ether oxygens (including phenoxy) is 1. The van der Waals surface area contributed by atoms with Gasteiger partial charge in [-0.3, -0.25) is 0 Å². The molecule has 2 aliphatic heterocycles. The number of halogens is 1. The van der Waals surface area contributed by atoms with Gasteiger partial charge in [0.25, 0.3) is 0 Å². The molecule has 0 amide bonds. The molecule has 2 aromatic rings. The molecule has 33 heavy (non-hydrogen) atoms. The number of esters is 1. The summed E-state index contributed by atoms with van der Waals surface area (Å²) in [5.74, 6) is -1.55. The van der Waals surface area contributed by atoms with Crippen molar-refractivity contribution in [3.63, 3.8) is 0 Å². The lowest BCUT2D eigenvalue weighted by Crippen LogP contribution is -2.47. The molecule has 174 valence electrons. The maximum absolute atomic E-state index is 15.3. The van der Waals surface area contributed by atoms with E-state index >= 15 is 4.39 Å². The number of fused-ring (bicyclic) bond motifs is 1. The molecule has 7 nitrogen and oxygen atoms in total. The molecular formula is C24H26FN3O4S. The fourth-order valence-electron chi connectivity index (χ4n) is 4.52. The van der Waals surface area contributed by atoms with Gasteiger partial charge in [0, 0.05) is 44.1 Å². The number of hydrogen-bond acceptors (Lipinski definition) is 7. The number of benzene rings is 2. The number of aryl methyl sites for hydroxylation is 1. The highest BCUT2D eigenvalue weighted by atomic mass is 32.2. The number of carbonyl (C=O) groups is 1. The lowest BCUT2D eigenvalue weighted by atomic mass is 10.1. The third kappa shape index (κ3) is 3.84. The first-order chi connectivity index (χ1) is 15.8. The molecule has 1 saturated heterocycles. The second kappa shape index (κ2) is 8.06. The van der Waals surface area contributed by atoms with E-state index in [1.165, 1.54) is 11.8 Å². The van der Waals surface area contributed by atoms with E-state index in [0.29, 0.717) is 24.5 Å². The van der Waals surface area contributed by atoms with Crippen LogP contribution >= 0.6 is 0 Å². The number of carbonyl (C=O) groups excluding carboxylic acids is 1. The summed E-state index contributed by atoms with van der Waals surface area (Å²) in [5.41, 5.74) is 3.14. The average molecular weight is 472 g/mol. The van der Waals surface area contributed by atoms with E-state index in [1.54, 1.807) is 11.0 Å². The van der Waals surface area contributed by atoms with Gasteiger partial charge in [-0.2, -0.15) is 0 Å². The van der Waals surface area contributed by atoms with Gasteiger partial charge in [0.05, 0.1) is 23.4 Å². The second-order valence-corrected chi connectivity index (χ2v) is 10.6. The summed E-state index contributed by atoms with van der Waals surface area (Å²) in [4.78, 5) is 17.5. The van der Waals surface area contributed by atoms with Crippen molar-refractivity contribution in [2.45, 2.75) is 30.7 Å². The van der Waals surface area contributed by atoms with Gasteiger partial charge in [-0.05, 0) is 49.6 Å². The lowest BCUT2D eigenvalue weighted by Gasteiger charge is -2.38. The molecule has 9 heteroatoms. The normalized spacial score (nSPS) is 19.7. The maximum atomic E-state index is 15.3. The molecule has 3 aliphatic rings. The summed E-state index contributed by atoms with van der Waals surface area (Å²) in [6.07, 6.45) is 3.11. The van der Waals surface area contributed by atoms with Crippen molar-refractivity contribution in [3.8, 4) is 0 Å². The molecule has 1 aliphatic carbocycles. The topological polar surface area (TPSA) is 70.2 Å². The van der Waals surface area contributed by atoms with Crippen LogP contribution in [0.3, 0.4) is 0 Å². The Hall–Kier alpha value is -3.07. The number of piperazine rings is 1. The minimum Gasteiger partial charge on any atom is -0.465 e. The zero-order valence-electron chi connectivity index (χ0n) is 18.6. The Labute approximate surface area is 193 Å². The second-order valence-electron chi connectivity index (χ2n) is 8.71. The Morgan fingerprint density at radius 3 is 2.36 bits per heavy atom. The number of nitrogens with zero attached hydrogens (tertiary/aromatic N) is 3. The Morgan fingerprint density at radius 1 is 1.03 bits per heavy atom. The number of rotatable bonds is 4. The minimum atomic E-state index is -4.17. The summed E-state index contributed by atoms with van der Waals surface area (Å²) >= 11 is 0. The van der Waals surface area contributed by atoms with Crippen molar-refractivity contribution < 1.29 is 22.3 Å². The van der Waals surface area contributed by atoms with E-state index in [4.69, 9.17) is 0 Å². The highest BCUT2D eigenvalue weighted by Crippen LogP contribution is 2.44. The molecule has 0 N–H and O–H groups in total. The molecule has 2 fully saturated rings. The fourth-order valence-corrected chi connectivity index (χ4v) is 6.01. The van der Waals surface area contributed by atoms with Gasteiger partial charge in [0.2, 0.25) is 9.84 Å². The third-order valence-electron chi connectivity index (χ3n) is 6.46. The summed E-state index contributed by atoms with van der Waals surface area (Å²) in [7, 11) is -3.04. The Balaban J connectivity index is 1.46. The van der Waals surface area contributed by atoms with Crippen LogP contribution in [0.5, 0.6) is 0 Å². The smallest absolute Gasteiger partial charge is 0.351 e. The zero-order valence-corrected chi connectivity index (χ0v) is 19.4. The monoisotopic (exact) mass is 471 g/mol. The molecule has 0 bridgehead atoms. The first-order valence-corrected chi connectivity index (χ1v) is 12.5. The van der Waals surface area contributed by atoms with Gasteiger partial charge >= 0.3 is 5.97 Å². The van der Waals surface area contributed by atoms with Crippen molar-refractivity contribution >= 4 is 32.9 Å². The van der Waals surface area contributed by atoms with E-state index in [9.17, 15) is 13.2 Å². The van der Waals surface area contributed by atoms with Crippen LogP contribution < -0.4 is 14.7 Å². The molecule has 0 spiro atoms. The van der Waals surface area contributed by atoms with Crippen molar-refractivity contribution in [3.05, 3.63) is 58.9 Å². The predicted molar refractivity (Wildman–Crippen MR) is 125 cm³/mol. The SMILES string of the molecule is COC(=O)C1=CN(C2CC2)c2cc(N3CCN(c4cccc(C)c4)CC3)c(F)cc2S1(=O)=O. The highest BCUT2D eigenvalue weighted by Gasteiger charge is 2.41. The predicted octanol–water partition coefficient (Wildman–Crippen LogP) is 3.23.